The van der Waals surface area contributed by atoms with Crippen molar-refractivity contribution in [2.45, 2.75) is 5.92 Å². The fraction of sp³-hybridized carbons (Fsp3) is 0.0870. The highest BCUT2D eigenvalue weighted by Crippen LogP contribution is 2.32. The van der Waals surface area contributed by atoms with Crippen molar-refractivity contribution < 1.29 is 0 Å². The number of hydrogen-bond acceptors (Lipinski definition) is 5. The molecule has 0 spiro atoms. The molecule has 6 aromatic rings. The van der Waals surface area contributed by atoms with Gasteiger partial charge < -0.3 is 4.40 Å². The predicted molar refractivity (Wildman–Crippen MR) is 116 cm³/mol. The van der Waals surface area contributed by atoms with E-state index in [4.69, 9.17) is 5.10 Å². The van der Waals surface area contributed by atoms with Gasteiger partial charge in [0.05, 0.1) is 29.7 Å². The quantitative estimate of drug-likeness (QED) is 0.449. The van der Waals surface area contributed by atoms with Crippen LogP contribution in [0.2, 0.25) is 0 Å². The van der Waals surface area contributed by atoms with Crippen molar-refractivity contribution in [1.82, 2.24) is 38.7 Å². The van der Waals surface area contributed by atoms with E-state index >= 15 is 0 Å². The SMILES string of the molecule is Cn1cc(-c2ccc3ncc(C(c4cccnc4)c4ccc5nccn5c4)n3n2)cn1. The molecular weight excluding hydrogens is 388 g/mol. The Bertz CT molecular complexity index is 1510. The lowest BCUT2D eigenvalue weighted by atomic mass is 9.91. The molecule has 0 aromatic carbocycles. The Morgan fingerprint density at radius 2 is 1.77 bits per heavy atom. The van der Waals surface area contributed by atoms with Gasteiger partial charge in [0.15, 0.2) is 5.65 Å². The summed E-state index contributed by atoms with van der Waals surface area (Å²) in [4.78, 5) is 13.3. The van der Waals surface area contributed by atoms with E-state index in [0.29, 0.717) is 0 Å². The van der Waals surface area contributed by atoms with Crippen molar-refractivity contribution in [1.29, 1.82) is 0 Å². The minimum absolute atomic E-state index is 0.0906. The second-order valence-electron chi connectivity index (χ2n) is 7.45. The summed E-state index contributed by atoms with van der Waals surface area (Å²) in [6.07, 6.45) is 15.2. The van der Waals surface area contributed by atoms with Crippen LogP contribution in [0.5, 0.6) is 0 Å². The molecule has 1 unspecified atom stereocenters. The van der Waals surface area contributed by atoms with Gasteiger partial charge in [-0.3, -0.25) is 9.67 Å². The van der Waals surface area contributed by atoms with Crippen molar-refractivity contribution in [2.75, 3.05) is 0 Å². The van der Waals surface area contributed by atoms with Crippen LogP contribution in [-0.2, 0) is 7.05 Å². The summed E-state index contributed by atoms with van der Waals surface area (Å²) >= 11 is 0. The van der Waals surface area contributed by atoms with E-state index < -0.39 is 0 Å². The molecular formula is C23H18N8. The summed E-state index contributed by atoms with van der Waals surface area (Å²) in [5, 5.41) is 9.18. The lowest BCUT2D eigenvalue weighted by Crippen LogP contribution is -2.09. The van der Waals surface area contributed by atoms with Gasteiger partial charge in [-0.15, -0.1) is 0 Å². The molecule has 8 nitrogen and oxygen atoms in total. The Balaban J connectivity index is 1.56. The molecule has 1 atom stereocenters. The van der Waals surface area contributed by atoms with Crippen molar-refractivity contribution in [3.63, 3.8) is 0 Å². The second-order valence-corrected chi connectivity index (χ2v) is 7.45. The van der Waals surface area contributed by atoms with Gasteiger partial charge >= 0.3 is 0 Å². The highest BCUT2D eigenvalue weighted by molar-refractivity contribution is 5.59. The van der Waals surface area contributed by atoms with Gasteiger partial charge in [-0.1, -0.05) is 12.1 Å². The molecule has 0 amide bonds. The number of aryl methyl sites for hydroxylation is 1. The number of aromatic nitrogens is 8. The fourth-order valence-corrected chi connectivity index (χ4v) is 3.98. The van der Waals surface area contributed by atoms with Crippen molar-refractivity contribution >= 4 is 11.3 Å². The maximum atomic E-state index is 4.90. The van der Waals surface area contributed by atoms with Gasteiger partial charge in [-0.05, 0) is 35.4 Å². The topological polar surface area (TPSA) is 78.2 Å². The largest absolute Gasteiger partial charge is 0.307 e. The van der Waals surface area contributed by atoms with Crippen molar-refractivity contribution in [3.05, 3.63) is 103 Å². The lowest BCUT2D eigenvalue weighted by molar-refractivity contribution is 0.767. The van der Waals surface area contributed by atoms with Crippen LogP contribution in [0.4, 0.5) is 0 Å². The van der Waals surface area contributed by atoms with Gasteiger partial charge in [-0.25, -0.2) is 14.5 Å². The molecule has 0 radical (unpaired) electrons. The second kappa shape index (κ2) is 6.88. The predicted octanol–water partition coefficient (Wildman–Crippen LogP) is 3.35. The van der Waals surface area contributed by atoms with E-state index in [0.717, 1.165) is 39.4 Å². The Morgan fingerprint density at radius 3 is 2.61 bits per heavy atom. The maximum absolute atomic E-state index is 4.90. The first-order chi connectivity index (χ1) is 15.3. The molecule has 0 fully saturated rings. The zero-order valence-electron chi connectivity index (χ0n) is 16.7. The third kappa shape index (κ3) is 2.96. The Morgan fingerprint density at radius 1 is 0.839 bits per heavy atom. The molecule has 6 aromatic heterocycles. The van der Waals surface area contributed by atoms with E-state index in [1.165, 1.54) is 0 Å². The first kappa shape index (κ1) is 17.5. The highest BCUT2D eigenvalue weighted by Gasteiger charge is 2.22. The van der Waals surface area contributed by atoms with E-state index in [1.54, 1.807) is 17.1 Å². The third-order valence-electron chi connectivity index (χ3n) is 5.45. The first-order valence-electron chi connectivity index (χ1n) is 9.92. The molecule has 0 aliphatic carbocycles. The molecule has 6 rings (SSSR count). The summed E-state index contributed by atoms with van der Waals surface area (Å²) in [7, 11) is 1.90. The van der Waals surface area contributed by atoms with Gasteiger partial charge in [0, 0.05) is 49.8 Å². The van der Waals surface area contributed by atoms with Crippen molar-refractivity contribution in [3.8, 4) is 11.3 Å². The standard InChI is InChI=1S/C23H18N8/c1-29-14-18(12-27-29)19-5-7-22-26-13-20(31(22)28-19)23(16-3-2-8-24-11-16)17-4-6-21-25-9-10-30(21)15-17/h2-15,23H,1H3. The molecule has 0 aliphatic rings. The van der Waals surface area contributed by atoms with Gasteiger partial charge in [0.1, 0.15) is 5.65 Å². The van der Waals surface area contributed by atoms with E-state index in [2.05, 4.69) is 38.4 Å². The first-order valence-corrected chi connectivity index (χ1v) is 9.92. The van der Waals surface area contributed by atoms with Crippen LogP contribution in [0.25, 0.3) is 22.6 Å². The summed E-state index contributed by atoms with van der Waals surface area (Å²) in [5.74, 6) is -0.0906. The fourth-order valence-electron chi connectivity index (χ4n) is 3.98. The summed E-state index contributed by atoms with van der Waals surface area (Å²) < 4.78 is 5.71. The molecule has 0 N–H and O–H groups in total. The Kier molecular flexibility index (Phi) is 3.89. The minimum Gasteiger partial charge on any atom is -0.307 e. The molecule has 0 bridgehead atoms. The number of fused-ring (bicyclic) bond motifs is 2. The normalized spacial score (nSPS) is 12.5. The lowest BCUT2D eigenvalue weighted by Gasteiger charge is -2.17. The van der Waals surface area contributed by atoms with Crippen LogP contribution in [-0.4, -0.2) is 38.7 Å². The van der Waals surface area contributed by atoms with E-state index in [9.17, 15) is 0 Å². The molecule has 8 heteroatoms. The zero-order chi connectivity index (χ0) is 20.8. The van der Waals surface area contributed by atoms with E-state index in [1.807, 2.05) is 71.2 Å². The summed E-state index contributed by atoms with van der Waals surface area (Å²) in [6.45, 7) is 0. The van der Waals surface area contributed by atoms with Crippen LogP contribution in [0.1, 0.15) is 22.7 Å². The van der Waals surface area contributed by atoms with Crippen LogP contribution < -0.4 is 0 Å². The molecule has 6 heterocycles. The number of pyridine rings is 2. The van der Waals surface area contributed by atoms with E-state index in [-0.39, 0.29) is 5.92 Å². The number of nitrogens with zero attached hydrogens (tertiary/aromatic N) is 8. The van der Waals surface area contributed by atoms with Gasteiger partial charge in [0.25, 0.3) is 0 Å². The average Bonchev–Trinajstić information content (AvgIpc) is 3.54. The summed E-state index contributed by atoms with van der Waals surface area (Å²) in [5.41, 5.74) is 6.64. The van der Waals surface area contributed by atoms with Crippen molar-refractivity contribution in [2.24, 2.45) is 7.05 Å². The summed E-state index contributed by atoms with van der Waals surface area (Å²) in [6, 6.07) is 12.1. The minimum atomic E-state index is -0.0906. The number of hydrogen-bond donors (Lipinski definition) is 0. The van der Waals surface area contributed by atoms with Crippen LogP contribution in [0.15, 0.2) is 86.0 Å². The number of imidazole rings is 2. The highest BCUT2D eigenvalue weighted by atomic mass is 15.3. The third-order valence-corrected chi connectivity index (χ3v) is 5.45. The zero-order valence-corrected chi connectivity index (χ0v) is 16.7. The molecule has 0 aliphatic heterocycles. The Labute approximate surface area is 177 Å². The molecule has 0 saturated heterocycles. The Hall–Kier alpha value is -4.33. The molecule has 150 valence electrons. The smallest absolute Gasteiger partial charge is 0.153 e. The van der Waals surface area contributed by atoms with Gasteiger partial charge in [0.2, 0.25) is 0 Å². The van der Waals surface area contributed by atoms with Crippen LogP contribution in [0, 0.1) is 0 Å². The number of rotatable bonds is 4. The van der Waals surface area contributed by atoms with Gasteiger partial charge in [-0.2, -0.15) is 10.2 Å². The maximum Gasteiger partial charge on any atom is 0.153 e. The molecule has 0 saturated carbocycles. The van der Waals surface area contributed by atoms with Crippen LogP contribution >= 0.6 is 0 Å². The van der Waals surface area contributed by atoms with Crippen LogP contribution in [0.3, 0.4) is 0 Å². The molecule has 31 heavy (non-hydrogen) atoms. The average molecular weight is 406 g/mol. The monoisotopic (exact) mass is 406 g/mol.